The standard InChI is InChI=1S/C29H29NO5S/c1-20(2)28(29(31)32)30-36(33,34)27-15-13-25(14-16-27)24-10-7-21(8-11-24)18-35-19-22-9-12-23-5-3-4-6-26(23)17-22/h3-17,20,28,30H,18-19H2,1-2H3,(H,31,32). The number of rotatable bonds is 10. The number of fused-ring (bicyclic) bond motifs is 1. The Bertz CT molecular complexity index is 1450. The van der Waals surface area contributed by atoms with Crippen molar-refractivity contribution in [3.8, 4) is 11.1 Å². The summed E-state index contributed by atoms with van der Waals surface area (Å²) in [5.74, 6) is -1.59. The zero-order valence-corrected chi connectivity index (χ0v) is 21.0. The molecule has 6 nitrogen and oxygen atoms in total. The van der Waals surface area contributed by atoms with Crippen molar-refractivity contribution in [3.05, 3.63) is 102 Å². The van der Waals surface area contributed by atoms with Gasteiger partial charge in [-0.1, -0.05) is 86.6 Å². The number of hydrogen-bond donors (Lipinski definition) is 2. The van der Waals surface area contributed by atoms with Crippen molar-refractivity contribution in [1.29, 1.82) is 0 Å². The van der Waals surface area contributed by atoms with Crippen LogP contribution in [0.5, 0.6) is 0 Å². The number of benzene rings is 4. The summed E-state index contributed by atoms with van der Waals surface area (Å²) in [6.45, 7) is 4.32. The molecule has 4 aromatic rings. The smallest absolute Gasteiger partial charge is 0.322 e. The first kappa shape index (κ1) is 25.6. The third-order valence-corrected chi connectivity index (χ3v) is 7.48. The number of ether oxygens (including phenoxy) is 1. The minimum Gasteiger partial charge on any atom is -0.480 e. The molecule has 36 heavy (non-hydrogen) atoms. The molecule has 7 heteroatoms. The van der Waals surface area contributed by atoms with Gasteiger partial charge in [0.05, 0.1) is 18.1 Å². The van der Waals surface area contributed by atoms with Crippen LogP contribution in [0.4, 0.5) is 0 Å². The number of aliphatic carboxylic acids is 1. The first-order valence-corrected chi connectivity index (χ1v) is 13.2. The minimum absolute atomic E-state index is 0.0249. The van der Waals surface area contributed by atoms with Gasteiger partial charge in [-0.05, 0) is 57.1 Å². The largest absolute Gasteiger partial charge is 0.480 e. The summed E-state index contributed by atoms with van der Waals surface area (Å²) in [4.78, 5) is 11.4. The van der Waals surface area contributed by atoms with E-state index in [0.717, 1.165) is 22.3 Å². The SMILES string of the molecule is CC(C)C(NS(=O)(=O)c1ccc(-c2ccc(COCc3ccc4ccccc4c3)cc2)cc1)C(=O)O. The summed E-state index contributed by atoms with van der Waals surface area (Å²) < 4.78 is 33.4. The molecule has 4 aromatic carbocycles. The number of sulfonamides is 1. The van der Waals surface area contributed by atoms with E-state index in [1.807, 2.05) is 36.4 Å². The molecule has 0 saturated carbocycles. The summed E-state index contributed by atoms with van der Waals surface area (Å²) in [6, 6.07) is 27.7. The van der Waals surface area contributed by atoms with Gasteiger partial charge in [-0.15, -0.1) is 0 Å². The molecular weight excluding hydrogens is 474 g/mol. The molecule has 0 heterocycles. The lowest BCUT2D eigenvalue weighted by Gasteiger charge is -2.18. The maximum Gasteiger partial charge on any atom is 0.322 e. The molecule has 186 valence electrons. The van der Waals surface area contributed by atoms with Crippen molar-refractivity contribution < 1.29 is 23.1 Å². The van der Waals surface area contributed by atoms with E-state index < -0.39 is 22.0 Å². The van der Waals surface area contributed by atoms with Gasteiger partial charge in [-0.2, -0.15) is 4.72 Å². The van der Waals surface area contributed by atoms with Gasteiger partial charge >= 0.3 is 5.97 Å². The van der Waals surface area contributed by atoms with E-state index in [0.29, 0.717) is 13.2 Å². The van der Waals surface area contributed by atoms with E-state index in [9.17, 15) is 18.3 Å². The van der Waals surface area contributed by atoms with Crippen molar-refractivity contribution >= 4 is 26.8 Å². The van der Waals surface area contributed by atoms with Crippen molar-refractivity contribution in [2.45, 2.75) is 38.0 Å². The van der Waals surface area contributed by atoms with Crippen molar-refractivity contribution in [1.82, 2.24) is 4.72 Å². The number of carbonyl (C=O) groups is 1. The highest BCUT2D eigenvalue weighted by atomic mass is 32.2. The lowest BCUT2D eigenvalue weighted by Crippen LogP contribution is -2.44. The Balaban J connectivity index is 1.36. The van der Waals surface area contributed by atoms with E-state index in [4.69, 9.17) is 4.74 Å². The molecule has 0 fully saturated rings. The zero-order valence-electron chi connectivity index (χ0n) is 20.2. The Hall–Kier alpha value is -3.52. The Labute approximate surface area is 211 Å². The van der Waals surface area contributed by atoms with E-state index in [1.165, 1.54) is 22.9 Å². The van der Waals surface area contributed by atoms with Crippen LogP contribution in [0.1, 0.15) is 25.0 Å². The fourth-order valence-electron chi connectivity index (χ4n) is 3.94. The van der Waals surface area contributed by atoms with Gasteiger partial charge in [0.2, 0.25) is 10.0 Å². The van der Waals surface area contributed by atoms with Crippen LogP contribution >= 0.6 is 0 Å². The molecule has 4 rings (SSSR count). The third kappa shape index (κ3) is 6.18. The van der Waals surface area contributed by atoms with Crippen LogP contribution < -0.4 is 4.72 Å². The quantitative estimate of drug-likeness (QED) is 0.293. The van der Waals surface area contributed by atoms with Gasteiger partial charge in [-0.25, -0.2) is 8.42 Å². The van der Waals surface area contributed by atoms with E-state index >= 15 is 0 Å². The predicted octanol–water partition coefficient (Wildman–Crippen LogP) is 5.61. The van der Waals surface area contributed by atoms with Gasteiger partial charge in [0, 0.05) is 0 Å². The monoisotopic (exact) mass is 503 g/mol. The maximum atomic E-state index is 12.6. The average molecular weight is 504 g/mol. The van der Waals surface area contributed by atoms with Crippen LogP contribution in [0, 0.1) is 5.92 Å². The highest BCUT2D eigenvalue weighted by molar-refractivity contribution is 7.89. The highest BCUT2D eigenvalue weighted by Crippen LogP contribution is 2.23. The van der Waals surface area contributed by atoms with Crippen LogP contribution in [-0.4, -0.2) is 25.5 Å². The summed E-state index contributed by atoms with van der Waals surface area (Å²) in [5.41, 5.74) is 3.96. The van der Waals surface area contributed by atoms with Crippen molar-refractivity contribution in [2.24, 2.45) is 5.92 Å². The van der Waals surface area contributed by atoms with E-state index in [-0.39, 0.29) is 10.8 Å². The van der Waals surface area contributed by atoms with Crippen molar-refractivity contribution in [2.75, 3.05) is 0 Å². The van der Waals surface area contributed by atoms with E-state index in [1.54, 1.807) is 26.0 Å². The molecule has 1 unspecified atom stereocenters. The summed E-state index contributed by atoms with van der Waals surface area (Å²) in [5, 5.41) is 11.7. The molecule has 1 atom stereocenters. The van der Waals surface area contributed by atoms with Gasteiger partial charge in [-0.3, -0.25) is 4.79 Å². The Morgan fingerprint density at radius 3 is 1.97 bits per heavy atom. The molecule has 0 aromatic heterocycles. The first-order chi connectivity index (χ1) is 17.2. The number of nitrogens with one attached hydrogen (secondary N) is 1. The Morgan fingerprint density at radius 2 is 1.36 bits per heavy atom. The zero-order chi connectivity index (χ0) is 25.7. The lowest BCUT2D eigenvalue weighted by atomic mass is 10.0. The summed E-state index contributed by atoms with van der Waals surface area (Å²) in [7, 11) is -3.95. The molecule has 0 radical (unpaired) electrons. The fourth-order valence-corrected chi connectivity index (χ4v) is 5.28. The molecule has 2 N–H and O–H groups in total. The van der Waals surface area contributed by atoms with Gasteiger partial charge in [0.15, 0.2) is 0 Å². The van der Waals surface area contributed by atoms with Gasteiger partial charge < -0.3 is 9.84 Å². The van der Waals surface area contributed by atoms with Crippen LogP contribution in [0.2, 0.25) is 0 Å². The third-order valence-electron chi connectivity index (χ3n) is 6.02. The maximum absolute atomic E-state index is 12.6. The molecular formula is C29H29NO5S. The number of carboxylic acid groups (broad SMARTS) is 1. The van der Waals surface area contributed by atoms with Crippen LogP contribution in [0.15, 0.2) is 95.9 Å². The summed E-state index contributed by atoms with van der Waals surface area (Å²) >= 11 is 0. The Kier molecular flexibility index (Phi) is 7.84. The van der Waals surface area contributed by atoms with Gasteiger partial charge in [0.25, 0.3) is 0 Å². The molecule has 0 bridgehead atoms. The average Bonchev–Trinajstić information content (AvgIpc) is 2.87. The minimum atomic E-state index is -3.95. The first-order valence-electron chi connectivity index (χ1n) is 11.7. The molecule has 0 spiro atoms. The second-order valence-corrected chi connectivity index (χ2v) is 10.8. The second kappa shape index (κ2) is 11.0. The molecule has 0 saturated heterocycles. The highest BCUT2D eigenvalue weighted by Gasteiger charge is 2.27. The van der Waals surface area contributed by atoms with Gasteiger partial charge in [0.1, 0.15) is 6.04 Å². The summed E-state index contributed by atoms with van der Waals surface area (Å²) in [6.07, 6.45) is 0. The fraction of sp³-hybridized carbons (Fsp3) is 0.207. The Morgan fingerprint density at radius 1 is 0.806 bits per heavy atom. The molecule has 0 aliphatic rings. The predicted molar refractivity (Wildman–Crippen MR) is 141 cm³/mol. The van der Waals surface area contributed by atoms with Crippen LogP contribution in [-0.2, 0) is 32.8 Å². The van der Waals surface area contributed by atoms with Crippen LogP contribution in [0.3, 0.4) is 0 Å². The topological polar surface area (TPSA) is 92.7 Å². The normalized spacial score (nSPS) is 12.6. The van der Waals surface area contributed by atoms with Crippen molar-refractivity contribution in [3.63, 3.8) is 0 Å². The molecule has 0 amide bonds. The second-order valence-electron chi connectivity index (χ2n) is 9.08. The number of hydrogen-bond acceptors (Lipinski definition) is 4. The number of carboxylic acids is 1. The van der Waals surface area contributed by atoms with Crippen LogP contribution in [0.25, 0.3) is 21.9 Å². The lowest BCUT2D eigenvalue weighted by molar-refractivity contribution is -0.140. The van der Waals surface area contributed by atoms with E-state index in [2.05, 4.69) is 35.1 Å². The molecule has 0 aliphatic heterocycles. The molecule has 0 aliphatic carbocycles.